The first-order valence-corrected chi connectivity index (χ1v) is 8.12. The number of aliphatic carboxylic acids is 1. The fourth-order valence-electron chi connectivity index (χ4n) is 2.84. The van der Waals surface area contributed by atoms with Gasteiger partial charge in [-0.05, 0) is 24.8 Å². The number of carboxylic acid groups (broad SMARTS) is 1. The number of likely N-dealkylation sites (tertiary alicyclic amines) is 1. The summed E-state index contributed by atoms with van der Waals surface area (Å²) in [5.74, 6) is 0.137. The van der Waals surface area contributed by atoms with Gasteiger partial charge in [-0.15, -0.1) is 11.8 Å². The van der Waals surface area contributed by atoms with E-state index in [-0.39, 0.29) is 17.3 Å². The van der Waals surface area contributed by atoms with Crippen molar-refractivity contribution in [2.24, 2.45) is 17.6 Å². The molecule has 0 bridgehead atoms. The molecule has 3 unspecified atom stereocenters. The number of urea groups is 1. The van der Waals surface area contributed by atoms with Gasteiger partial charge in [0.25, 0.3) is 0 Å². The number of amides is 2. The number of nitrogens with two attached hydrogens (primary N) is 1. The molecule has 0 radical (unpaired) electrons. The normalized spacial score (nSPS) is 30.3. The Labute approximate surface area is 123 Å². The molecule has 0 aliphatic carbocycles. The predicted octanol–water partition coefficient (Wildman–Crippen LogP) is 0.871. The maximum Gasteiger partial charge on any atom is 0.327 e. The van der Waals surface area contributed by atoms with Crippen LogP contribution in [0.4, 0.5) is 4.79 Å². The van der Waals surface area contributed by atoms with Crippen LogP contribution in [0.5, 0.6) is 0 Å². The second kappa shape index (κ2) is 6.22. The average molecular weight is 301 g/mol. The molecule has 3 atom stereocenters. The topological polar surface area (TPSA) is 86.9 Å². The summed E-state index contributed by atoms with van der Waals surface area (Å²) in [7, 11) is 0. The largest absolute Gasteiger partial charge is 0.480 e. The Morgan fingerprint density at radius 1 is 1.45 bits per heavy atom. The summed E-state index contributed by atoms with van der Waals surface area (Å²) in [5, 5.41) is 9.27. The Kier molecular flexibility index (Phi) is 4.80. The van der Waals surface area contributed by atoms with Gasteiger partial charge in [-0.1, -0.05) is 13.8 Å². The molecule has 2 aliphatic rings. The van der Waals surface area contributed by atoms with E-state index in [0.29, 0.717) is 31.3 Å². The zero-order chi connectivity index (χ0) is 14.9. The van der Waals surface area contributed by atoms with Crippen molar-refractivity contribution in [1.29, 1.82) is 0 Å². The summed E-state index contributed by atoms with van der Waals surface area (Å²) < 4.78 is 0. The highest BCUT2D eigenvalue weighted by Crippen LogP contribution is 2.35. The Hall–Kier alpha value is -0.950. The van der Waals surface area contributed by atoms with Crippen LogP contribution in [-0.2, 0) is 4.79 Å². The Morgan fingerprint density at radius 3 is 2.65 bits per heavy atom. The van der Waals surface area contributed by atoms with Crippen LogP contribution in [-0.4, -0.2) is 63.7 Å². The van der Waals surface area contributed by atoms with E-state index in [1.165, 1.54) is 0 Å². The molecular formula is C13H23N3O3S. The van der Waals surface area contributed by atoms with E-state index in [1.807, 2.05) is 13.8 Å². The van der Waals surface area contributed by atoms with Gasteiger partial charge < -0.3 is 15.7 Å². The van der Waals surface area contributed by atoms with E-state index in [4.69, 9.17) is 5.73 Å². The first-order chi connectivity index (χ1) is 9.45. The fraction of sp³-hybridized carbons (Fsp3) is 0.846. The summed E-state index contributed by atoms with van der Waals surface area (Å²) in [6.45, 7) is 5.95. The highest BCUT2D eigenvalue weighted by Gasteiger charge is 2.45. The van der Waals surface area contributed by atoms with Gasteiger partial charge in [-0.25, -0.2) is 9.59 Å². The lowest BCUT2D eigenvalue weighted by molar-refractivity contribution is -0.141. The zero-order valence-corrected chi connectivity index (χ0v) is 12.8. The highest BCUT2D eigenvalue weighted by molar-refractivity contribution is 8.00. The number of hydrogen-bond acceptors (Lipinski definition) is 4. The van der Waals surface area contributed by atoms with Crippen molar-refractivity contribution in [3.05, 3.63) is 0 Å². The first kappa shape index (κ1) is 15.4. The van der Waals surface area contributed by atoms with Crippen LogP contribution in [0, 0.1) is 11.8 Å². The van der Waals surface area contributed by atoms with Crippen molar-refractivity contribution in [3.8, 4) is 0 Å². The molecule has 2 amide bonds. The molecule has 3 N–H and O–H groups in total. The lowest BCUT2D eigenvalue weighted by atomic mass is 10.1. The van der Waals surface area contributed by atoms with Gasteiger partial charge in [0.15, 0.2) is 0 Å². The van der Waals surface area contributed by atoms with Crippen LogP contribution >= 0.6 is 11.8 Å². The van der Waals surface area contributed by atoms with E-state index in [9.17, 15) is 14.7 Å². The molecule has 0 aromatic heterocycles. The Bertz CT molecular complexity index is 391. The third-order valence-corrected chi connectivity index (χ3v) is 5.62. The number of nitrogens with zero attached hydrogens (tertiary/aromatic N) is 2. The van der Waals surface area contributed by atoms with Gasteiger partial charge in [0.1, 0.15) is 6.04 Å². The van der Waals surface area contributed by atoms with Gasteiger partial charge in [0.2, 0.25) is 0 Å². The summed E-state index contributed by atoms with van der Waals surface area (Å²) >= 11 is 1.56. The molecule has 2 saturated heterocycles. The van der Waals surface area contributed by atoms with Crippen molar-refractivity contribution >= 4 is 23.8 Å². The first-order valence-electron chi connectivity index (χ1n) is 7.07. The highest BCUT2D eigenvalue weighted by atomic mass is 32.2. The zero-order valence-electron chi connectivity index (χ0n) is 12.0. The van der Waals surface area contributed by atoms with E-state index in [1.54, 1.807) is 21.6 Å². The molecule has 0 aromatic carbocycles. The number of hydrogen-bond donors (Lipinski definition) is 2. The molecule has 2 aliphatic heterocycles. The minimum atomic E-state index is -0.913. The minimum Gasteiger partial charge on any atom is -0.480 e. The van der Waals surface area contributed by atoms with Crippen molar-refractivity contribution in [3.63, 3.8) is 0 Å². The summed E-state index contributed by atoms with van der Waals surface area (Å²) in [5.41, 5.74) is 5.65. The SMILES string of the molecule is CC(C)C1SCC(C(=O)O)N1C(=O)N1CCC(CN)C1. The molecule has 2 rings (SSSR count). The molecule has 20 heavy (non-hydrogen) atoms. The molecule has 7 heteroatoms. The smallest absolute Gasteiger partial charge is 0.327 e. The van der Waals surface area contributed by atoms with Crippen molar-refractivity contribution in [2.45, 2.75) is 31.7 Å². The third kappa shape index (κ3) is 2.88. The number of rotatable bonds is 3. The molecule has 114 valence electrons. The van der Waals surface area contributed by atoms with Crippen molar-refractivity contribution in [1.82, 2.24) is 9.80 Å². The molecule has 6 nitrogen and oxygen atoms in total. The van der Waals surface area contributed by atoms with Gasteiger partial charge in [0, 0.05) is 18.8 Å². The standard InChI is InChI=1S/C13H23N3O3S/c1-8(2)11-16(10(7-20-11)12(17)18)13(19)15-4-3-9(5-14)6-15/h8-11H,3-7,14H2,1-2H3,(H,17,18). The minimum absolute atomic E-state index is 0.0551. The number of thioether (sulfide) groups is 1. The van der Waals surface area contributed by atoms with E-state index in [0.717, 1.165) is 6.42 Å². The second-order valence-electron chi connectivity index (χ2n) is 5.85. The van der Waals surface area contributed by atoms with E-state index >= 15 is 0 Å². The van der Waals surface area contributed by atoms with Gasteiger partial charge in [-0.2, -0.15) is 0 Å². The quantitative estimate of drug-likeness (QED) is 0.808. The Morgan fingerprint density at radius 2 is 2.15 bits per heavy atom. The lowest BCUT2D eigenvalue weighted by Crippen LogP contribution is -2.52. The van der Waals surface area contributed by atoms with Crippen LogP contribution in [0.1, 0.15) is 20.3 Å². The summed E-state index contributed by atoms with van der Waals surface area (Å²) in [6, 6.07) is -0.853. The van der Waals surface area contributed by atoms with Gasteiger partial charge in [-0.3, -0.25) is 4.90 Å². The van der Waals surface area contributed by atoms with Crippen LogP contribution < -0.4 is 5.73 Å². The molecule has 0 aromatic rings. The average Bonchev–Trinajstić information content (AvgIpc) is 3.04. The van der Waals surface area contributed by atoms with Gasteiger partial charge >= 0.3 is 12.0 Å². The van der Waals surface area contributed by atoms with Crippen LogP contribution in [0.15, 0.2) is 0 Å². The van der Waals surface area contributed by atoms with Crippen LogP contribution in [0.2, 0.25) is 0 Å². The Balaban J connectivity index is 2.13. The number of carbonyl (C=O) groups excluding carboxylic acids is 1. The van der Waals surface area contributed by atoms with E-state index < -0.39 is 12.0 Å². The summed E-state index contributed by atoms with van der Waals surface area (Å²) in [4.78, 5) is 27.4. The number of carbonyl (C=O) groups is 2. The fourth-order valence-corrected chi connectivity index (χ4v) is 4.30. The second-order valence-corrected chi connectivity index (χ2v) is 7.00. The van der Waals surface area contributed by atoms with Crippen molar-refractivity contribution < 1.29 is 14.7 Å². The maximum atomic E-state index is 12.7. The van der Waals surface area contributed by atoms with Crippen LogP contribution in [0.25, 0.3) is 0 Å². The monoisotopic (exact) mass is 301 g/mol. The molecule has 2 fully saturated rings. The van der Waals surface area contributed by atoms with Crippen molar-refractivity contribution in [2.75, 3.05) is 25.4 Å². The molecular weight excluding hydrogens is 278 g/mol. The van der Waals surface area contributed by atoms with Crippen LogP contribution in [0.3, 0.4) is 0 Å². The molecule has 2 heterocycles. The molecule has 0 saturated carbocycles. The molecule has 0 spiro atoms. The number of carboxylic acids is 1. The maximum absolute atomic E-state index is 12.7. The summed E-state index contributed by atoms with van der Waals surface area (Å²) in [6.07, 6.45) is 0.910. The lowest BCUT2D eigenvalue weighted by Gasteiger charge is -2.33. The van der Waals surface area contributed by atoms with E-state index in [2.05, 4.69) is 0 Å². The van der Waals surface area contributed by atoms with Gasteiger partial charge in [0.05, 0.1) is 5.37 Å². The third-order valence-electron chi connectivity index (χ3n) is 4.00. The predicted molar refractivity (Wildman–Crippen MR) is 78.5 cm³/mol.